The molecule has 0 saturated heterocycles. The quantitative estimate of drug-likeness (QED) is 0.523. The predicted molar refractivity (Wildman–Crippen MR) is 106 cm³/mol. The highest BCUT2D eigenvalue weighted by molar-refractivity contribution is 7.12. The number of benzene rings is 1. The molecule has 1 aromatic carbocycles. The molecule has 5 nitrogen and oxygen atoms in total. The molecule has 0 atom stereocenters. The van der Waals surface area contributed by atoms with Crippen LogP contribution < -0.4 is 10.1 Å². The molecular weight excluding hydrogens is 431 g/mol. The van der Waals surface area contributed by atoms with Gasteiger partial charge < -0.3 is 10.1 Å². The molecule has 28 heavy (non-hydrogen) atoms. The maximum Gasteiger partial charge on any atom is 0.387 e. The summed E-state index contributed by atoms with van der Waals surface area (Å²) >= 11 is 13.3. The summed E-state index contributed by atoms with van der Waals surface area (Å²) in [6, 6.07) is 5.83. The summed E-state index contributed by atoms with van der Waals surface area (Å²) in [6.45, 7) is 1.24. The van der Waals surface area contributed by atoms with E-state index in [0.717, 1.165) is 17.0 Å². The lowest BCUT2D eigenvalue weighted by Gasteiger charge is -2.09. The fraction of sp³-hybridized carbons (Fsp3) is 0.222. The first-order chi connectivity index (χ1) is 13.2. The number of hydrogen-bond donors (Lipinski definition) is 1. The topological polar surface area (TPSA) is 56.2 Å². The average Bonchev–Trinajstić information content (AvgIpc) is 3.18. The first-order valence-corrected chi connectivity index (χ1v) is 9.70. The molecule has 0 aliphatic carbocycles. The van der Waals surface area contributed by atoms with Crippen LogP contribution in [0.15, 0.2) is 29.6 Å². The second-order valence-corrected chi connectivity index (χ2v) is 7.64. The highest BCUT2D eigenvalue weighted by atomic mass is 35.5. The van der Waals surface area contributed by atoms with Crippen LogP contribution in [0.3, 0.4) is 0 Å². The second kappa shape index (κ2) is 8.46. The molecule has 0 aliphatic rings. The van der Waals surface area contributed by atoms with Crippen LogP contribution in [0.1, 0.15) is 26.6 Å². The summed E-state index contributed by atoms with van der Waals surface area (Å²) < 4.78 is 30.6. The lowest BCUT2D eigenvalue weighted by Crippen LogP contribution is -2.10. The van der Waals surface area contributed by atoms with Crippen molar-refractivity contribution in [1.82, 2.24) is 9.78 Å². The minimum Gasteiger partial charge on any atom is -0.433 e. The fourth-order valence-electron chi connectivity index (χ4n) is 2.54. The highest BCUT2D eigenvalue weighted by Gasteiger charge is 2.14. The van der Waals surface area contributed by atoms with Crippen LogP contribution >= 0.6 is 34.5 Å². The molecule has 0 bridgehead atoms. The van der Waals surface area contributed by atoms with Gasteiger partial charge in [-0.05, 0) is 49.1 Å². The molecule has 3 aromatic rings. The Kier molecular flexibility index (Phi) is 6.22. The van der Waals surface area contributed by atoms with E-state index in [-0.39, 0.29) is 16.7 Å². The zero-order valence-electron chi connectivity index (χ0n) is 14.8. The van der Waals surface area contributed by atoms with E-state index in [2.05, 4.69) is 15.2 Å². The van der Waals surface area contributed by atoms with Crippen LogP contribution in [0.4, 0.5) is 14.5 Å². The highest BCUT2D eigenvalue weighted by Crippen LogP contribution is 2.29. The molecule has 0 spiro atoms. The van der Waals surface area contributed by atoms with E-state index in [1.165, 1.54) is 29.5 Å². The van der Waals surface area contributed by atoms with E-state index in [1.807, 2.05) is 19.2 Å². The van der Waals surface area contributed by atoms with Crippen LogP contribution in [-0.2, 0) is 6.54 Å². The van der Waals surface area contributed by atoms with Crippen molar-refractivity contribution in [2.45, 2.75) is 27.0 Å². The summed E-state index contributed by atoms with van der Waals surface area (Å²) in [5.74, 6) is -0.488. The van der Waals surface area contributed by atoms with E-state index < -0.39 is 6.61 Å². The number of carbonyl (C=O) groups excluding carboxylic acids is 1. The summed E-state index contributed by atoms with van der Waals surface area (Å²) in [5, 5.41) is 9.53. The summed E-state index contributed by atoms with van der Waals surface area (Å²) in [7, 11) is 0. The normalized spacial score (nSPS) is 11.1. The Bertz CT molecular complexity index is 1020. The monoisotopic (exact) mass is 445 g/mol. The molecule has 0 aliphatic heterocycles. The number of aromatic nitrogens is 2. The molecule has 0 radical (unpaired) electrons. The fourth-order valence-corrected chi connectivity index (χ4v) is 3.70. The van der Waals surface area contributed by atoms with Gasteiger partial charge in [-0.15, -0.1) is 11.3 Å². The lowest BCUT2D eigenvalue weighted by atomic mass is 10.2. The second-order valence-electron chi connectivity index (χ2n) is 5.94. The van der Waals surface area contributed by atoms with Gasteiger partial charge in [-0.3, -0.25) is 9.48 Å². The van der Waals surface area contributed by atoms with Gasteiger partial charge in [0.15, 0.2) is 0 Å². The first-order valence-electron chi connectivity index (χ1n) is 8.07. The number of hydrogen-bond acceptors (Lipinski definition) is 4. The van der Waals surface area contributed by atoms with Crippen LogP contribution in [-0.4, -0.2) is 22.3 Å². The third-order valence-electron chi connectivity index (χ3n) is 3.91. The molecule has 0 fully saturated rings. The van der Waals surface area contributed by atoms with Crippen molar-refractivity contribution in [3.05, 3.63) is 61.5 Å². The van der Waals surface area contributed by atoms with Gasteiger partial charge in [-0.1, -0.05) is 23.2 Å². The van der Waals surface area contributed by atoms with Crippen molar-refractivity contribution in [2.24, 2.45) is 0 Å². The van der Waals surface area contributed by atoms with Crippen LogP contribution in [0.25, 0.3) is 0 Å². The Balaban J connectivity index is 1.69. The molecule has 2 aromatic heterocycles. The van der Waals surface area contributed by atoms with Crippen LogP contribution in [0.5, 0.6) is 5.75 Å². The van der Waals surface area contributed by atoms with E-state index in [4.69, 9.17) is 23.2 Å². The van der Waals surface area contributed by atoms with Gasteiger partial charge in [0.25, 0.3) is 5.91 Å². The van der Waals surface area contributed by atoms with Crippen molar-refractivity contribution < 1.29 is 18.3 Å². The third-order valence-corrected chi connectivity index (χ3v) is 5.73. The van der Waals surface area contributed by atoms with Gasteiger partial charge in [-0.2, -0.15) is 13.9 Å². The number of anilines is 1. The number of amides is 1. The van der Waals surface area contributed by atoms with E-state index in [0.29, 0.717) is 22.1 Å². The summed E-state index contributed by atoms with van der Waals surface area (Å²) in [5.41, 5.74) is 2.90. The molecule has 10 heteroatoms. The van der Waals surface area contributed by atoms with Crippen molar-refractivity contribution in [3.8, 4) is 5.75 Å². The van der Waals surface area contributed by atoms with Crippen LogP contribution in [0, 0.1) is 13.8 Å². The average molecular weight is 446 g/mol. The Labute approximate surface area is 173 Å². The molecule has 0 saturated carbocycles. The number of carbonyl (C=O) groups is 1. The Morgan fingerprint density at radius 2 is 2.07 bits per heavy atom. The first kappa shape index (κ1) is 20.6. The molecule has 3 rings (SSSR count). The largest absolute Gasteiger partial charge is 0.433 e. The molecule has 148 valence electrons. The van der Waals surface area contributed by atoms with Gasteiger partial charge in [0.2, 0.25) is 0 Å². The van der Waals surface area contributed by atoms with Gasteiger partial charge in [0.05, 0.1) is 32.9 Å². The SMILES string of the molecule is Cc1nn(Cc2csc(C(=O)Nc3ccc(OC(F)F)c(Cl)c3)c2)c(C)c1Cl. The number of thiophene rings is 1. The zero-order valence-corrected chi connectivity index (χ0v) is 17.1. The minimum absolute atomic E-state index is 0.0219. The number of alkyl halides is 2. The number of halogens is 4. The number of nitrogens with zero attached hydrogens (tertiary/aromatic N) is 2. The maximum absolute atomic E-state index is 12.4. The van der Waals surface area contributed by atoms with Crippen LogP contribution in [0.2, 0.25) is 10.0 Å². The number of nitrogens with one attached hydrogen (secondary N) is 1. The Morgan fingerprint density at radius 1 is 1.32 bits per heavy atom. The predicted octanol–water partition coefficient (Wildman–Crippen LogP) is 5.77. The number of rotatable bonds is 6. The van der Waals surface area contributed by atoms with E-state index in [1.54, 1.807) is 10.7 Å². The number of ether oxygens (including phenoxy) is 1. The molecule has 2 heterocycles. The van der Waals surface area contributed by atoms with Crippen molar-refractivity contribution >= 4 is 46.1 Å². The minimum atomic E-state index is -2.97. The van der Waals surface area contributed by atoms with Gasteiger partial charge in [0.1, 0.15) is 5.75 Å². The lowest BCUT2D eigenvalue weighted by molar-refractivity contribution is -0.0497. The van der Waals surface area contributed by atoms with Crippen molar-refractivity contribution in [1.29, 1.82) is 0 Å². The Hall–Kier alpha value is -2.16. The van der Waals surface area contributed by atoms with E-state index in [9.17, 15) is 13.6 Å². The van der Waals surface area contributed by atoms with Crippen molar-refractivity contribution in [3.63, 3.8) is 0 Å². The zero-order chi connectivity index (χ0) is 20.4. The van der Waals surface area contributed by atoms with Gasteiger partial charge >= 0.3 is 6.61 Å². The summed E-state index contributed by atoms with van der Waals surface area (Å²) in [4.78, 5) is 12.9. The molecular formula is C18H15Cl2F2N3O2S. The van der Waals surface area contributed by atoms with Gasteiger partial charge in [-0.25, -0.2) is 0 Å². The Morgan fingerprint density at radius 3 is 2.68 bits per heavy atom. The third kappa shape index (κ3) is 4.63. The molecule has 0 unspecified atom stereocenters. The molecule has 1 amide bonds. The van der Waals surface area contributed by atoms with Crippen molar-refractivity contribution in [2.75, 3.05) is 5.32 Å². The number of aryl methyl sites for hydroxylation is 1. The van der Waals surface area contributed by atoms with E-state index >= 15 is 0 Å². The maximum atomic E-state index is 12.4. The standard InChI is InChI=1S/C18H15Cl2F2N3O2S/c1-9-16(20)10(2)25(24-9)7-11-5-15(28-8-11)17(26)23-12-3-4-14(13(19)6-12)27-18(21)22/h3-6,8,18H,7H2,1-2H3,(H,23,26). The molecule has 1 N–H and O–H groups in total. The van der Waals surface area contributed by atoms with Gasteiger partial charge in [0, 0.05) is 5.69 Å². The smallest absolute Gasteiger partial charge is 0.387 e. The summed E-state index contributed by atoms with van der Waals surface area (Å²) in [6.07, 6.45) is 0.